The van der Waals surface area contributed by atoms with E-state index < -0.39 is 5.97 Å². The number of nitrogen functional groups attached to an aromatic ring is 1. The highest BCUT2D eigenvalue weighted by molar-refractivity contribution is 5.88. The van der Waals surface area contributed by atoms with Crippen molar-refractivity contribution in [2.24, 2.45) is 5.41 Å². The Morgan fingerprint density at radius 3 is 2.84 bits per heavy atom. The van der Waals surface area contributed by atoms with Gasteiger partial charge in [0.15, 0.2) is 5.69 Å². The molecule has 19 heavy (non-hydrogen) atoms. The molecule has 0 spiro atoms. The quantitative estimate of drug-likeness (QED) is 0.819. The number of carbonyl (C=O) groups excluding carboxylic acids is 1. The van der Waals surface area contributed by atoms with Crippen molar-refractivity contribution in [3.05, 3.63) is 17.8 Å². The maximum atomic E-state index is 11.5. The van der Waals surface area contributed by atoms with Crippen molar-refractivity contribution in [3.8, 4) is 0 Å². The highest BCUT2D eigenvalue weighted by Gasteiger charge is 2.34. The molecule has 0 amide bonds. The lowest BCUT2D eigenvalue weighted by atomic mass is 9.87. The first-order valence-electron chi connectivity index (χ1n) is 6.55. The summed E-state index contributed by atoms with van der Waals surface area (Å²) in [6.45, 7) is 4.47. The molecule has 1 aromatic heterocycles. The molecule has 0 bridgehead atoms. The van der Waals surface area contributed by atoms with E-state index in [1.54, 1.807) is 12.1 Å². The number of ether oxygens (including phenoxy) is 1. The predicted octanol–water partition coefficient (Wildman–Crippen LogP) is 2.44. The molecule has 0 aromatic carbocycles. The number of carbonyl (C=O) groups is 1. The number of nitrogens with zero attached hydrogens (tertiary/aromatic N) is 1. The average molecular weight is 263 g/mol. The number of nitrogens with two attached hydrogens (primary N) is 1. The van der Waals surface area contributed by atoms with Gasteiger partial charge in [-0.25, -0.2) is 9.78 Å². The third-order valence-electron chi connectivity index (χ3n) is 3.89. The second kappa shape index (κ2) is 5.07. The van der Waals surface area contributed by atoms with Crippen molar-refractivity contribution in [1.29, 1.82) is 0 Å². The molecule has 1 aliphatic rings. The van der Waals surface area contributed by atoms with Crippen LogP contribution in [-0.4, -0.2) is 24.1 Å². The SMILES string of the molecule is COC(=O)c1ccc(N)c(NC2CCCC2(C)C)n1. The molecule has 1 fully saturated rings. The third-order valence-corrected chi connectivity index (χ3v) is 3.89. The Bertz CT molecular complexity index is 486. The number of hydrogen-bond acceptors (Lipinski definition) is 5. The van der Waals surface area contributed by atoms with Gasteiger partial charge in [-0.2, -0.15) is 0 Å². The van der Waals surface area contributed by atoms with Gasteiger partial charge in [0.25, 0.3) is 0 Å². The zero-order valence-electron chi connectivity index (χ0n) is 11.7. The molecular formula is C14H21N3O2. The maximum absolute atomic E-state index is 11.5. The second-order valence-electron chi connectivity index (χ2n) is 5.70. The fourth-order valence-electron chi connectivity index (χ4n) is 2.56. The van der Waals surface area contributed by atoms with Crippen LogP contribution in [0.3, 0.4) is 0 Å². The van der Waals surface area contributed by atoms with Crippen molar-refractivity contribution in [2.45, 2.75) is 39.2 Å². The molecule has 1 heterocycles. The molecule has 104 valence electrons. The Kier molecular flexibility index (Phi) is 3.64. The minimum absolute atomic E-state index is 0.218. The molecule has 1 atom stereocenters. The van der Waals surface area contributed by atoms with Crippen LogP contribution in [0.2, 0.25) is 0 Å². The fourth-order valence-corrected chi connectivity index (χ4v) is 2.56. The number of rotatable bonds is 3. The molecule has 5 heteroatoms. The van der Waals surface area contributed by atoms with E-state index in [0.717, 1.165) is 6.42 Å². The molecule has 2 rings (SSSR count). The third kappa shape index (κ3) is 2.80. The second-order valence-corrected chi connectivity index (χ2v) is 5.70. The van der Waals surface area contributed by atoms with Gasteiger partial charge >= 0.3 is 5.97 Å². The van der Waals surface area contributed by atoms with Crippen LogP contribution in [-0.2, 0) is 4.74 Å². The normalized spacial score (nSPS) is 21.1. The molecule has 1 saturated carbocycles. The van der Waals surface area contributed by atoms with Gasteiger partial charge < -0.3 is 15.8 Å². The van der Waals surface area contributed by atoms with Crippen LogP contribution in [0.5, 0.6) is 0 Å². The van der Waals surface area contributed by atoms with E-state index in [-0.39, 0.29) is 11.1 Å². The van der Waals surface area contributed by atoms with Crippen molar-refractivity contribution < 1.29 is 9.53 Å². The monoisotopic (exact) mass is 263 g/mol. The molecule has 5 nitrogen and oxygen atoms in total. The average Bonchev–Trinajstić information content (AvgIpc) is 2.70. The highest BCUT2D eigenvalue weighted by atomic mass is 16.5. The summed E-state index contributed by atoms with van der Waals surface area (Å²) < 4.78 is 4.67. The minimum atomic E-state index is -0.450. The van der Waals surface area contributed by atoms with Crippen LogP contribution in [0.1, 0.15) is 43.6 Å². The Balaban J connectivity index is 2.22. The van der Waals surface area contributed by atoms with E-state index in [2.05, 4.69) is 28.9 Å². The van der Waals surface area contributed by atoms with Gasteiger partial charge in [0.05, 0.1) is 12.8 Å². The fraction of sp³-hybridized carbons (Fsp3) is 0.571. The van der Waals surface area contributed by atoms with Crippen LogP contribution in [0, 0.1) is 5.41 Å². The van der Waals surface area contributed by atoms with Crippen LogP contribution in [0.15, 0.2) is 12.1 Å². The summed E-state index contributed by atoms with van der Waals surface area (Å²) in [6, 6.07) is 3.59. The zero-order chi connectivity index (χ0) is 14.0. The van der Waals surface area contributed by atoms with Crippen molar-refractivity contribution >= 4 is 17.5 Å². The number of anilines is 2. The topological polar surface area (TPSA) is 77.2 Å². The van der Waals surface area contributed by atoms with Crippen molar-refractivity contribution in [1.82, 2.24) is 4.98 Å². The largest absolute Gasteiger partial charge is 0.464 e. The van der Waals surface area contributed by atoms with Gasteiger partial charge in [-0.3, -0.25) is 0 Å². The number of nitrogens with one attached hydrogen (secondary N) is 1. The smallest absolute Gasteiger partial charge is 0.356 e. The Labute approximate surface area is 113 Å². The zero-order valence-corrected chi connectivity index (χ0v) is 11.7. The number of aromatic nitrogens is 1. The summed E-state index contributed by atoms with van der Waals surface area (Å²) >= 11 is 0. The molecule has 0 saturated heterocycles. The van der Waals surface area contributed by atoms with Gasteiger partial charge in [-0.05, 0) is 30.4 Å². The standard InChI is InChI=1S/C14H21N3O2/c1-14(2)8-4-5-11(14)17-12-9(15)6-7-10(16-12)13(18)19-3/h6-7,11H,4-5,8,15H2,1-3H3,(H,16,17). The lowest BCUT2D eigenvalue weighted by Crippen LogP contribution is -2.31. The Hall–Kier alpha value is -1.78. The van der Waals surface area contributed by atoms with Gasteiger partial charge in [0.2, 0.25) is 0 Å². The lowest BCUT2D eigenvalue weighted by molar-refractivity contribution is 0.0594. The number of pyridine rings is 1. The Morgan fingerprint density at radius 2 is 2.26 bits per heavy atom. The van der Waals surface area contributed by atoms with E-state index in [1.807, 2.05) is 0 Å². The summed E-state index contributed by atoms with van der Waals surface area (Å²) in [4.78, 5) is 15.7. The first-order valence-corrected chi connectivity index (χ1v) is 6.55. The highest BCUT2D eigenvalue weighted by Crippen LogP contribution is 2.39. The number of hydrogen-bond donors (Lipinski definition) is 2. The predicted molar refractivity (Wildman–Crippen MR) is 75.0 cm³/mol. The molecule has 3 N–H and O–H groups in total. The minimum Gasteiger partial charge on any atom is -0.464 e. The van der Waals surface area contributed by atoms with E-state index in [0.29, 0.717) is 17.5 Å². The van der Waals surface area contributed by atoms with Crippen LogP contribution in [0.25, 0.3) is 0 Å². The van der Waals surface area contributed by atoms with E-state index in [4.69, 9.17) is 5.73 Å². The Morgan fingerprint density at radius 1 is 1.53 bits per heavy atom. The van der Waals surface area contributed by atoms with E-state index >= 15 is 0 Å². The van der Waals surface area contributed by atoms with Crippen molar-refractivity contribution in [3.63, 3.8) is 0 Å². The molecule has 1 aliphatic carbocycles. The molecule has 0 aliphatic heterocycles. The van der Waals surface area contributed by atoms with E-state index in [9.17, 15) is 4.79 Å². The van der Waals surface area contributed by atoms with Crippen LogP contribution < -0.4 is 11.1 Å². The molecular weight excluding hydrogens is 242 g/mol. The molecule has 1 aromatic rings. The first kappa shape index (κ1) is 13.6. The number of esters is 1. The lowest BCUT2D eigenvalue weighted by Gasteiger charge is -2.28. The summed E-state index contributed by atoms with van der Waals surface area (Å²) in [5.41, 5.74) is 6.96. The molecule has 0 radical (unpaired) electrons. The number of methoxy groups -OCH3 is 1. The van der Waals surface area contributed by atoms with Crippen LogP contribution in [0.4, 0.5) is 11.5 Å². The van der Waals surface area contributed by atoms with Gasteiger partial charge in [0.1, 0.15) is 5.82 Å². The van der Waals surface area contributed by atoms with E-state index in [1.165, 1.54) is 20.0 Å². The van der Waals surface area contributed by atoms with Crippen LogP contribution >= 0.6 is 0 Å². The summed E-state index contributed by atoms with van der Waals surface area (Å²) in [5, 5.41) is 3.37. The maximum Gasteiger partial charge on any atom is 0.356 e. The van der Waals surface area contributed by atoms with Gasteiger partial charge in [-0.1, -0.05) is 20.3 Å². The van der Waals surface area contributed by atoms with Gasteiger partial charge in [0, 0.05) is 6.04 Å². The summed E-state index contributed by atoms with van der Waals surface area (Å²) in [5.74, 6) is 0.122. The van der Waals surface area contributed by atoms with Crippen molar-refractivity contribution in [2.75, 3.05) is 18.2 Å². The molecule has 1 unspecified atom stereocenters. The summed E-state index contributed by atoms with van der Waals surface area (Å²) in [7, 11) is 1.34. The first-order chi connectivity index (χ1) is 8.94. The summed E-state index contributed by atoms with van der Waals surface area (Å²) in [6.07, 6.45) is 3.47. The van der Waals surface area contributed by atoms with Gasteiger partial charge in [-0.15, -0.1) is 0 Å².